The minimum Gasteiger partial charge on any atom is -0.494 e. The van der Waals surface area contributed by atoms with E-state index in [2.05, 4.69) is 33.0 Å². The Balaban J connectivity index is 1.77. The summed E-state index contributed by atoms with van der Waals surface area (Å²) in [6, 6.07) is 7.08. The number of amides is 2. The monoisotopic (exact) mass is 428 g/mol. The maximum absolute atomic E-state index is 12.8. The molecule has 0 spiro atoms. The maximum atomic E-state index is 12.8. The van der Waals surface area contributed by atoms with Gasteiger partial charge in [-0.25, -0.2) is 0 Å². The molecule has 30 heavy (non-hydrogen) atoms. The average Bonchev–Trinajstić information content (AvgIpc) is 3.05. The van der Waals surface area contributed by atoms with Crippen molar-refractivity contribution >= 4 is 28.2 Å². The summed E-state index contributed by atoms with van der Waals surface area (Å²) in [5.74, 6) is 0.575. The molecule has 162 valence electrons. The molecule has 3 rings (SSSR count). The number of carbonyl (C=O) groups excluding carboxylic acids is 2. The molecule has 0 aliphatic heterocycles. The molecule has 1 unspecified atom stereocenters. The van der Waals surface area contributed by atoms with Crippen LogP contribution in [-0.2, 0) is 12.8 Å². The van der Waals surface area contributed by atoms with Crippen molar-refractivity contribution < 1.29 is 14.3 Å². The van der Waals surface area contributed by atoms with Crippen LogP contribution in [0.2, 0.25) is 0 Å². The van der Waals surface area contributed by atoms with Crippen LogP contribution in [0.1, 0.15) is 78.1 Å². The van der Waals surface area contributed by atoms with Gasteiger partial charge in [-0.05, 0) is 66.8 Å². The van der Waals surface area contributed by atoms with Gasteiger partial charge in [0.1, 0.15) is 10.8 Å². The summed E-state index contributed by atoms with van der Waals surface area (Å²) in [6.07, 6.45) is 4.84. The van der Waals surface area contributed by atoms with Crippen LogP contribution in [0.15, 0.2) is 24.3 Å². The molecule has 0 radical (unpaired) electrons. The first-order valence-corrected chi connectivity index (χ1v) is 11.5. The third kappa shape index (κ3) is 5.04. The summed E-state index contributed by atoms with van der Waals surface area (Å²) >= 11 is 1.49. The number of nitrogens with one attached hydrogen (secondary N) is 1. The van der Waals surface area contributed by atoms with Gasteiger partial charge in [0.2, 0.25) is 0 Å². The summed E-state index contributed by atoms with van der Waals surface area (Å²) < 4.78 is 5.65. The van der Waals surface area contributed by atoms with Gasteiger partial charge in [0.15, 0.2) is 0 Å². The number of nitrogens with two attached hydrogens (primary N) is 1. The van der Waals surface area contributed by atoms with Crippen molar-refractivity contribution in [3.05, 3.63) is 45.8 Å². The molecular formula is C24H32N2O3S. The zero-order valence-electron chi connectivity index (χ0n) is 18.3. The van der Waals surface area contributed by atoms with E-state index >= 15 is 0 Å². The fourth-order valence-electron chi connectivity index (χ4n) is 3.89. The molecule has 2 amide bonds. The van der Waals surface area contributed by atoms with Crippen LogP contribution in [0.25, 0.3) is 0 Å². The fraction of sp³-hybridized carbons (Fsp3) is 0.500. The summed E-state index contributed by atoms with van der Waals surface area (Å²) in [5, 5.41) is 3.49. The molecule has 0 fully saturated rings. The SMILES string of the molecule is CCCCOc1ccc(C(=O)Nc2sc3c(c2C(N)=O)CCC(C(C)(C)C)C3)cc1. The number of hydrogen-bond acceptors (Lipinski definition) is 4. The molecule has 0 saturated carbocycles. The van der Waals surface area contributed by atoms with E-state index in [1.165, 1.54) is 16.2 Å². The molecular weight excluding hydrogens is 396 g/mol. The number of fused-ring (bicyclic) bond motifs is 1. The number of thiophene rings is 1. The second-order valence-electron chi connectivity index (χ2n) is 9.06. The van der Waals surface area contributed by atoms with Crippen molar-refractivity contribution in [1.82, 2.24) is 0 Å². The van der Waals surface area contributed by atoms with E-state index in [0.29, 0.717) is 28.7 Å². The average molecular weight is 429 g/mol. The first kappa shape index (κ1) is 22.3. The number of anilines is 1. The van der Waals surface area contributed by atoms with Crippen LogP contribution in [-0.4, -0.2) is 18.4 Å². The van der Waals surface area contributed by atoms with E-state index < -0.39 is 5.91 Å². The minimum atomic E-state index is -0.475. The highest BCUT2D eigenvalue weighted by molar-refractivity contribution is 7.17. The number of hydrogen-bond donors (Lipinski definition) is 2. The van der Waals surface area contributed by atoms with Gasteiger partial charge >= 0.3 is 0 Å². The van der Waals surface area contributed by atoms with E-state index in [0.717, 1.165) is 43.4 Å². The van der Waals surface area contributed by atoms with Gasteiger partial charge in [0.25, 0.3) is 11.8 Å². The van der Waals surface area contributed by atoms with Gasteiger partial charge in [-0.1, -0.05) is 34.1 Å². The van der Waals surface area contributed by atoms with E-state index in [4.69, 9.17) is 10.5 Å². The van der Waals surface area contributed by atoms with Gasteiger partial charge in [-0.2, -0.15) is 0 Å². The van der Waals surface area contributed by atoms with Crippen LogP contribution < -0.4 is 15.8 Å². The second kappa shape index (κ2) is 9.21. The summed E-state index contributed by atoms with van der Waals surface area (Å²) in [6.45, 7) is 9.54. The van der Waals surface area contributed by atoms with Crippen molar-refractivity contribution in [3.63, 3.8) is 0 Å². The van der Waals surface area contributed by atoms with Crippen LogP contribution in [0.3, 0.4) is 0 Å². The molecule has 1 aliphatic rings. The largest absolute Gasteiger partial charge is 0.494 e. The Labute approximate surface area is 183 Å². The Bertz CT molecular complexity index is 910. The molecule has 1 heterocycles. The zero-order chi connectivity index (χ0) is 21.9. The van der Waals surface area contributed by atoms with Crippen molar-refractivity contribution in [2.45, 2.75) is 59.8 Å². The van der Waals surface area contributed by atoms with Crippen molar-refractivity contribution in [3.8, 4) is 5.75 Å². The zero-order valence-corrected chi connectivity index (χ0v) is 19.2. The molecule has 2 aromatic rings. The minimum absolute atomic E-state index is 0.207. The van der Waals surface area contributed by atoms with Gasteiger partial charge in [-0.15, -0.1) is 11.3 Å². The Kier molecular flexibility index (Phi) is 6.86. The van der Waals surface area contributed by atoms with Crippen LogP contribution >= 0.6 is 11.3 Å². The topological polar surface area (TPSA) is 81.4 Å². The first-order valence-electron chi connectivity index (χ1n) is 10.7. The smallest absolute Gasteiger partial charge is 0.256 e. The van der Waals surface area contributed by atoms with E-state index in [9.17, 15) is 9.59 Å². The van der Waals surface area contributed by atoms with Crippen LogP contribution in [0.4, 0.5) is 5.00 Å². The maximum Gasteiger partial charge on any atom is 0.256 e. The predicted molar refractivity (Wildman–Crippen MR) is 123 cm³/mol. The Morgan fingerprint density at radius 2 is 1.93 bits per heavy atom. The standard InChI is InChI=1S/C24H32N2O3S/c1-5-6-13-29-17-10-7-15(8-11-17)22(28)26-23-20(21(25)27)18-12-9-16(24(2,3)4)14-19(18)30-23/h7-8,10-11,16H,5-6,9,12-14H2,1-4H3,(H2,25,27)(H,26,28). The van der Waals surface area contributed by atoms with Crippen molar-refractivity contribution in [1.29, 1.82) is 0 Å². The third-order valence-corrected chi connectivity index (χ3v) is 7.02. The van der Waals surface area contributed by atoms with Gasteiger partial charge in [0.05, 0.1) is 12.2 Å². The fourth-order valence-corrected chi connectivity index (χ4v) is 5.21. The molecule has 1 aliphatic carbocycles. The first-order chi connectivity index (χ1) is 14.2. The summed E-state index contributed by atoms with van der Waals surface area (Å²) in [5.41, 5.74) is 7.92. The number of unbranched alkanes of at least 4 members (excludes halogenated alkanes) is 1. The highest BCUT2D eigenvalue weighted by Crippen LogP contribution is 2.44. The number of ether oxygens (including phenoxy) is 1. The number of primary amides is 1. The quantitative estimate of drug-likeness (QED) is 0.577. The lowest BCUT2D eigenvalue weighted by Crippen LogP contribution is -2.27. The molecule has 6 heteroatoms. The molecule has 0 bridgehead atoms. The summed E-state index contributed by atoms with van der Waals surface area (Å²) in [4.78, 5) is 26.2. The molecule has 1 aromatic heterocycles. The lowest BCUT2D eigenvalue weighted by Gasteiger charge is -2.33. The number of benzene rings is 1. The Morgan fingerprint density at radius 3 is 2.53 bits per heavy atom. The highest BCUT2D eigenvalue weighted by atomic mass is 32.1. The highest BCUT2D eigenvalue weighted by Gasteiger charge is 2.33. The molecule has 5 nitrogen and oxygen atoms in total. The molecule has 3 N–H and O–H groups in total. The number of carbonyl (C=O) groups is 2. The Hall–Kier alpha value is -2.34. The normalized spacial score (nSPS) is 16.1. The van der Waals surface area contributed by atoms with Crippen LogP contribution in [0.5, 0.6) is 5.75 Å². The Morgan fingerprint density at radius 1 is 1.23 bits per heavy atom. The van der Waals surface area contributed by atoms with Crippen LogP contribution in [0, 0.1) is 11.3 Å². The predicted octanol–water partition coefficient (Wildman–Crippen LogP) is 5.43. The van der Waals surface area contributed by atoms with Gasteiger partial charge < -0.3 is 15.8 Å². The van der Waals surface area contributed by atoms with Crippen molar-refractivity contribution in [2.24, 2.45) is 17.1 Å². The second-order valence-corrected chi connectivity index (χ2v) is 10.2. The van der Waals surface area contributed by atoms with E-state index in [1.54, 1.807) is 24.3 Å². The van der Waals surface area contributed by atoms with Gasteiger partial charge in [0, 0.05) is 10.4 Å². The van der Waals surface area contributed by atoms with Gasteiger partial charge in [-0.3, -0.25) is 9.59 Å². The molecule has 1 aromatic carbocycles. The lowest BCUT2D eigenvalue weighted by molar-refractivity contribution is 0.1000. The number of rotatable bonds is 7. The van der Waals surface area contributed by atoms with Crippen molar-refractivity contribution in [2.75, 3.05) is 11.9 Å². The third-order valence-electron chi connectivity index (χ3n) is 5.85. The molecule has 1 atom stereocenters. The molecule has 0 saturated heterocycles. The van der Waals surface area contributed by atoms with E-state index in [-0.39, 0.29) is 11.3 Å². The van der Waals surface area contributed by atoms with E-state index in [1.807, 2.05) is 0 Å². The summed E-state index contributed by atoms with van der Waals surface area (Å²) in [7, 11) is 0. The lowest BCUT2D eigenvalue weighted by atomic mass is 9.72.